The van der Waals surface area contributed by atoms with Crippen molar-refractivity contribution in [2.45, 2.75) is 20.0 Å². The molecular formula is C10H12BrO. The van der Waals surface area contributed by atoms with Gasteiger partial charge in [0.25, 0.3) is 0 Å². The Morgan fingerprint density at radius 3 is 2.33 bits per heavy atom. The van der Waals surface area contributed by atoms with Crippen molar-refractivity contribution in [2.24, 2.45) is 5.92 Å². The first-order valence-corrected chi connectivity index (χ1v) is 4.82. The molecule has 0 spiro atoms. The molecule has 65 valence electrons. The average Bonchev–Trinajstić information content (AvgIpc) is 2.04. The van der Waals surface area contributed by atoms with Crippen LogP contribution in [0.15, 0.2) is 28.7 Å². The second-order valence-corrected chi connectivity index (χ2v) is 4.04. The fraction of sp³-hybridized carbons (Fsp3) is 0.400. The van der Waals surface area contributed by atoms with Crippen LogP contribution < -0.4 is 0 Å². The summed E-state index contributed by atoms with van der Waals surface area (Å²) in [6.07, 6.45) is -0.624. The molecule has 0 heterocycles. The predicted molar refractivity (Wildman–Crippen MR) is 52.4 cm³/mol. The van der Waals surface area contributed by atoms with E-state index in [0.717, 1.165) is 10.0 Å². The Balaban J connectivity index is 2.94. The van der Waals surface area contributed by atoms with Crippen LogP contribution >= 0.6 is 15.9 Å². The molecule has 1 atom stereocenters. The highest BCUT2D eigenvalue weighted by molar-refractivity contribution is 9.10. The van der Waals surface area contributed by atoms with Crippen molar-refractivity contribution in [3.63, 3.8) is 0 Å². The number of hydrogen-bond donors (Lipinski definition) is 0. The first kappa shape index (κ1) is 9.75. The Labute approximate surface area is 81.6 Å². The number of halogens is 1. The lowest BCUT2D eigenvalue weighted by atomic mass is 9.99. The summed E-state index contributed by atoms with van der Waals surface area (Å²) in [6, 6.07) is 7.60. The quantitative estimate of drug-likeness (QED) is 0.737. The SMILES string of the molecule is CC(C)C([O])c1ccccc1Br. The molecule has 1 nitrogen and oxygen atoms in total. The average molecular weight is 228 g/mol. The summed E-state index contributed by atoms with van der Waals surface area (Å²) in [6.45, 7) is 3.88. The molecule has 0 N–H and O–H groups in total. The number of rotatable bonds is 2. The van der Waals surface area contributed by atoms with Crippen LogP contribution in [0.1, 0.15) is 25.5 Å². The maximum absolute atomic E-state index is 11.6. The molecular weight excluding hydrogens is 216 g/mol. The third-order valence-corrected chi connectivity index (χ3v) is 2.54. The smallest absolute Gasteiger partial charge is 0.121 e. The molecule has 0 aliphatic heterocycles. The highest BCUT2D eigenvalue weighted by Gasteiger charge is 2.15. The largest absolute Gasteiger partial charge is 0.228 e. The van der Waals surface area contributed by atoms with Gasteiger partial charge in [-0.15, -0.1) is 0 Å². The van der Waals surface area contributed by atoms with Gasteiger partial charge in [0.1, 0.15) is 6.10 Å². The maximum atomic E-state index is 11.6. The molecule has 1 unspecified atom stereocenters. The second kappa shape index (κ2) is 4.06. The van der Waals surface area contributed by atoms with Crippen molar-refractivity contribution in [1.29, 1.82) is 0 Å². The number of benzene rings is 1. The molecule has 0 aliphatic carbocycles. The van der Waals surface area contributed by atoms with Gasteiger partial charge in [0, 0.05) is 4.47 Å². The molecule has 12 heavy (non-hydrogen) atoms. The third kappa shape index (κ3) is 2.08. The second-order valence-electron chi connectivity index (χ2n) is 3.19. The highest BCUT2D eigenvalue weighted by atomic mass is 79.9. The van der Waals surface area contributed by atoms with Gasteiger partial charge in [0.2, 0.25) is 0 Å². The zero-order valence-corrected chi connectivity index (χ0v) is 8.84. The van der Waals surface area contributed by atoms with E-state index < -0.39 is 6.10 Å². The van der Waals surface area contributed by atoms with Crippen molar-refractivity contribution in [3.8, 4) is 0 Å². The van der Waals surface area contributed by atoms with Crippen LogP contribution in [0.3, 0.4) is 0 Å². The van der Waals surface area contributed by atoms with Gasteiger partial charge in [-0.05, 0) is 17.5 Å². The normalized spacial score (nSPS) is 13.4. The van der Waals surface area contributed by atoms with Crippen LogP contribution in [0.4, 0.5) is 0 Å². The summed E-state index contributed by atoms with van der Waals surface area (Å²) in [5.41, 5.74) is 0.854. The molecule has 0 fully saturated rings. The van der Waals surface area contributed by atoms with Crippen LogP contribution in [0, 0.1) is 5.92 Å². The van der Waals surface area contributed by atoms with E-state index >= 15 is 0 Å². The van der Waals surface area contributed by atoms with Gasteiger partial charge in [-0.1, -0.05) is 48.0 Å². The van der Waals surface area contributed by atoms with E-state index in [0.29, 0.717) is 0 Å². The Morgan fingerprint density at radius 1 is 1.25 bits per heavy atom. The minimum atomic E-state index is -0.624. The number of hydrogen-bond acceptors (Lipinski definition) is 0. The zero-order chi connectivity index (χ0) is 9.14. The van der Waals surface area contributed by atoms with E-state index in [1.54, 1.807) is 0 Å². The van der Waals surface area contributed by atoms with Crippen molar-refractivity contribution < 1.29 is 5.11 Å². The van der Waals surface area contributed by atoms with Gasteiger partial charge in [0.05, 0.1) is 0 Å². The lowest BCUT2D eigenvalue weighted by molar-refractivity contribution is 0.0482. The summed E-state index contributed by atoms with van der Waals surface area (Å²) in [5.74, 6) is 0.142. The summed E-state index contributed by atoms with van der Waals surface area (Å²) in [4.78, 5) is 0. The molecule has 0 aromatic heterocycles. The molecule has 0 saturated carbocycles. The van der Waals surface area contributed by atoms with Crippen molar-refractivity contribution in [3.05, 3.63) is 34.3 Å². The molecule has 1 aromatic rings. The van der Waals surface area contributed by atoms with E-state index in [9.17, 15) is 5.11 Å². The molecule has 0 saturated heterocycles. The van der Waals surface area contributed by atoms with Gasteiger partial charge in [0.15, 0.2) is 0 Å². The third-order valence-electron chi connectivity index (χ3n) is 1.82. The van der Waals surface area contributed by atoms with Gasteiger partial charge in [-0.25, -0.2) is 5.11 Å². The van der Waals surface area contributed by atoms with Gasteiger partial charge < -0.3 is 0 Å². The van der Waals surface area contributed by atoms with Crippen molar-refractivity contribution >= 4 is 15.9 Å². The van der Waals surface area contributed by atoms with Gasteiger partial charge in [-0.2, -0.15) is 0 Å². The summed E-state index contributed by atoms with van der Waals surface area (Å²) < 4.78 is 0.915. The van der Waals surface area contributed by atoms with Crippen molar-refractivity contribution in [1.82, 2.24) is 0 Å². The van der Waals surface area contributed by atoms with E-state index in [1.165, 1.54) is 0 Å². The Bertz CT molecular complexity index is 258. The fourth-order valence-corrected chi connectivity index (χ4v) is 1.58. The first-order chi connectivity index (χ1) is 5.63. The minimum absolute atomic E-state index is 0.142. The molecule has 1 rings (SSSR count). The van der Waals surface area contributed by atoms with Crippen LogP contribution in [-0.2, 0) is 5.11 Å². The van der Waals surface area contributed by atoms with Gasteiger partial charge in [-0.3, -0.25) is 0 Å². The summed E-state index contributed by atoms with van der Waals surface area (Å²) in [7, 11) is 0. The molecule has 0 bridgehead atoms. The van der Waals surface area contributed by atoms with E-state index in [4.69, 9.17) is 0 Å². The molecule has 0 amide bonds. The monoisotopic (exact) mass is 227 g/mol. The minimum Gasteiger partial charge on any atom is -0.228 e. The zero-order valence-electron chi connectivity index (χ0n) is 7.25. The lowest BCUT2D eigenvalue weighted by Crippen LogP contribution is -2.04. The Kier molecular flexibility index (Phi) is 3.29. The summed E-state index contributed by atoms with van der Waals surface area (Å²) >= 11 is 3.37. The Morgan fingerprint density at radius 2 is 1.83 bits per heavy atom. The topological polar surface area (TPSA) is 19.9 Å². The fourth-order valence-electron chi connectivity index (χ4n) is 1.06. The van der Waals surface area contributed by atoms with Crippen LogP contribution in [0.2, 0.25) is 0 Å². The van der Waals surface area contributed by atoms with E-state index in [1.807, 2.05) is 38.1 Å². The van der Waals surface area contributed by atoms with Crippen LogP contribution in [-0.4, -0.2) is 0 Å². The van der Waals surface area contributed by atoms with E-state index in [2.05, 4.69) is 15.9 Å². The van der Waals surface area contributed by atoms with Gasteiger partial charge >= 0.3 is 0 Å². The Hall–Kier alpha value is -0.340. The molecule has 2 heteroatoms. The molecule has 0 aliphatic rings. The molecule has 1 radical (unpaired) electrons. The van der Waals surface area contributed by atoms with Crippen LogP contribution in [0.25, 0.3) is 0 Å². The van der Waals surface area contributed by atoms with Crippen molar-refractivity contribution in [2.75, 3.05) is 0 Å². The van der Waals surface area contributed by atoms with E-state index in [-0.39, 0.29) is 5.92 Å². The summed E-state index contributed by atoms with van der Waals surface area (Å²) in [5, 5.41) is 11.6. The predicted octanol–water partition coefficient (Wildman–Crippen LogP) is 3.58. The molecule has 1 aromatic carbocycles. The standard InChI is InChI=1S/C10H12BrO/c1-7(2)10(12)8-5-3-4-6-9(8)11/h3-7,10H,1-2H3. The first-order valence-electron chi connectivity index (χ1n) is 4.03. The maximum Gasteiger partial charge on any atom is 0.121 e. The lowest BCUT2D eigenvalue weighted by Gasteiger charge is -2.13. The highest BCUT2D eigenvalue weighted by Crippen LogP contribution is 2.28. The van der Waals surface area contributed by atoms with Crippen LogP contribution in [0.5, 0.6) is 0 Å².